The topological polar surface area (TPSA) is 44.5 Å². The van der Waals surface area contributed by atoms with E-state index in [0.29, 0.717) is 6.10 Å². The van der Waals surface area contributed by atoms with Crippen LogP contribution in [0.25, 0.3) is 0 Å². The number of hydrogen-bond donors (Lipinski definition) is 1. The summed E-state index contributed by atoms with van der Waals surface area (Å²) in [6.45, 7) is 4.02. The number of nitrogens with two attached hydrogens (primary N) is 1. The molecular weight excluding hydrogens is 214 g/mol. The zero-order chi connectivity index (χ0) is 12.1. The fraction of sp³-hybridized carbons (Fsp3) is 1.00. The van der Waals surface area contributed by atoms with Crippen molar-refractivity contribution in [3.63, 3.8) is 0 Å². The van der Waals surface area contributed by atoms with Crippen molar-refractivity contribution in [3.05, 3.63) is 0 Å². The third kappa shape index (κ3) is 3.67. The van der Waals surface area contributed by atoms with E-state index >= 15 is 0 Å². The molecule has 3 nitrogen and oxygen atoms in total. The molecule has 2 saturated heterocycles. The predicted octanol–water partition coefficient (Wildman–Crippen LogP) is 2.62. The van der Waals surface area contributed by atoms with E-state index in [4.69, 9.17) is 15.2 Å². The first kappa shape index (κ1) is 13.3. The Morgan fingerprint density at radius 1 is 1.29 bits per heavy atom. The molecule has 100 valence electrons. The predicted molar refractivity (Wildman–Crippen MR) is 69.0 cm³/mol. The zero-order valence-corrected chi connectivity index (χ0v) is 11.1. The van der Waals surface area contributed by atoms with Crippen LogP contribution in [0.4, 0.5) is 0 Å². The summed E-state index contributed by atoms with van der Waals surface area (Å²) in [5.41, 5.74) is 6.23. The van der Waals surface area contributed by atoms with Gasteiger partial charge in [-0.15, -0.1) is 0 Å². The molecule has 2 aliphatic rings. The van der Waals surface area contributed by atoms with Crippen molar-refractivity contribution < 1.29 is 9.47 Å². The molecule has 2 rings (SSSR count). The van der Waals surface area contributed by atoms with Crippen LogP contribution >= 0.6 is 0 Å². The third-order valence-electron chi connectivity index (χ3n) is 4.35. The van der Waals surface area contributed by atoms with Crippen molar-refractivity contribution in [2.24, 2.45) is 5.73 Å². The molecule has 0 bridgehead atoms. The van der Waals surface area contributed by atoms with Crippen LogP contribution in [0.2, 0.25) is 0 Å². The van der Waals surface area contributed by atoms with Crippen molar-refractivity contribution in [3.8, 4) is 0 Å². The van der Waals surface area contributed by atoms with Crippen LogP contribution in [0.15, 0.2) is 0 Å². The standard InChI is InChI=1S/C14H27NO2/c1-14(9-2-3-11-17-14)13(15)8-4-6-12-7-5-10-16-12/h12-13H,2-11,15H2,1H3. The number of ether oxygens (including phenoxy) is 2. The molecule has 3 unspecified atom stereocenters. The molecule has 0 spiro atoms. The molecule has 0 saturated carbocycles. The maximum atomic E-state index is 6.30. The lowest BCUT2D eigenvalue weighted by Crippen LogP contribution is -2.49. The lowest BCUT2D eigenvalue weighted by molar-refractivity contribution is -0.0830. The van der Waals surface area contributed by atoms with E-state index < -0.39 is 0 Å². The minimum atomic E-state index is -0.0746. The molecule has 2 aliphatic heterocycles. The van der Waals surface area contributed by atoms with Crippen molar-refractivity contribution in [2.45, 2.75) is 76.0 Å². The van der Waals surface area contributed by atoms with Gasteiger partial charge >= 0.3 is 0 Å². The molecule has 0 aromatic carbocycles. The highest BCUT2D eigenvalue weighted by atomic mass is 16.5. The maximum Gasteiger partial charge on any atom is 0.0804 e. The molecular formula is C14H27NO2. The summed E-state index contributed by atoms with van der Waals surface area (Å²) < 4.78 is 11.5. The van der Waals surface area contributed by atoms with Crippen molar-refractivity contribution in [1.29, 1.82) is 0 Å². The van der Waals surface area contributed by atoms with Gasteiger partial charge in [0.25, 0.3) is 0 Å². The molecule has 3 atom stereocenters. The quantitative estimate of drug-likeness (QED) is 0.804. The van der Waals surface area contributed by atoms with E-state index in [1.54, 1.807) is 0 Å². The fourth-order valence-corrected chi connectivity index (χ4v) is 2.99. The summed E-state index contributed by atoms with van der Waals surface area (Å²) in [5, 5.41) is 0. The highest BCUT2D eigenvalue weighted by Crippen LogP contribution is 2.29. The van der Waals surface area contributed by atoms with Gasteiger partial charge in [0, 0.05) is 19.3 Å². The van der Waals surface area contributed by atoms with Crippen LogP contribution in [0.5, 0.6) is 0 Å². The summed E-state index contributed by atoms with van der Waals surface area (Å²) in [6, 6.07) is 0.184. The lowest BCUT2D eigenvalue weighted by atomic mass is 9.86. The van der Waals surface area contributed by atoms with Gasteiger partial charge in [-0.2, -0.15) is 0 Å². The van der Waals surface area contributed by atoms with Crippen molar-refractivity contribution in [2.75, 3.05) is 13.2 Å². The van der Waals surface area contributed by atoms with Gasteiger partial charge in [0.05, 0.1) is 11.7 Å². The first-order valence-electron chi connectivity index (χ1n) is 7.22. The van der Waals surface area contributed by atoms with Crippen LogP contribution in [-0.2, 0) is 9.47 Å². The Hall–Kier alpha value is -0.120. The van der Waals surface area contributed by atoms with E-state index in [1.807, 2.05) is 0 Å². The molecule has 17 heavy (non-hydrogen) atoms. The monoisotopic (exact) mass is 241 g/mol. The Balaban J connectivity index is 1.66. The van der Waals surface area contributed by atoms with Crippen molar-refractivity contribution in [1.82, 2.24) is 0 Å². The molecule has 0 radical (unpaired) electrons. The van der Waals surface area contributed by atoms with Crippen LogP contribution in [-0.4, -0.2) is 31.0 Å². The normalized spacial score (nSPS) is 36.0. The second kappa shape index (κ2) is 6.17. The second-order valence-corrected chi connectivity index (χ2v) is 5.79. The van der Waals surface area contributed by atoms with Gasteiger partial charge in [0.2, 0.25) is 0 Å². The summed E-state index contributed by atoms with van der Waals surface area (Å²) in [5.74, 6) is 0. The molecule has 2 N–H and O–H groups in total. The van der Waals surface area contributed by atoms with E-state index in [1.165, 1.54) is 38.5 Å². The minimum Gasteiger partial charge on any atom is -0.378 e. The average Bonchev–Trinajstić information content (AvgIpc) is 2.83. The van der Waals surface area contributed by atoms with Gasteiger partial charge in [-0.3, -0.25) is 0 Å². The van der Waals surface area contributed by atoms with Crippen LogP contribution in [0.3, 0.4) is 0 Å². The summed E-state index contributed by atoms with van der Waals surface area (Å²) in [7, 11) is 0. The Morgan fingerprint density at radius 3 is 2.82 bits per heavy atom. The van der Waals surface area contributed by atoms with Crippen LogP contribution in [0, 0.1) is 0 Å². The average molecular weight is 241 g/mol. The highest BCUT2D eigenvalue weighted by molar-refractivity contribution is 4.89. The Labute approximate surface area is 105 Å². The second-order valence-electron chi connectivity index (χ2n) is 5.79. The Kier molecular flexibility index (Phi) is 4.83. The number of hydrogen-bond acceptors (Lipinski definition) is 3. The zero-order valence-electron chi connectivity index (χ0n) is 11.1. The highest BCUT2D eigenvalue weighted by Gasteiger charge is 2.34. The molecule has 0 aromatic heterocycles. The lowest BCUT2D eigenvalue weighted by Gasteiger charge is -2.39. The number of rotatable bonds is 5. The van der Waals surface area contributed by atoms with Gasteiger partial charge in [-0.05, 0) is 58.3 Å². The van der Waals surface area contributed by atoms with Gasteiger partial charge in [-0.25, -0.2) is 0 Å². The molecule has 2 fully saturated rings. The Bertz CT molecular complexity index is 220. The first-order valence-corrected chi connectivity index (χ1v) is 7.22. The van der Waals surface area contributed by atoms with Crippen LogP contribution in [0.1, 0.15) is 58.3 Å². The van der Waals surface area contributed by atoms with E-state index in [0.717, 1.165) is 26.1 Å². The van der Waals surface area contributed by atoms with Gasteiger partial charge in [0.15, 0.2) is 0 Å². The minimum absolute atomic E-state index is 0.0746. The largest absolute Gasteiger partial charge is 0.378 e. The third-order valence-corrected chi connectivity index (χ3v) is 4.35. The molecule has 3 heteroatoms. The van der Waals surface area contributed by atoms with Gasteiger partial charge < -0.3 is 15.2 Å². The van der Waals surface area contributed by atoms with E-state index in [2.05, 4.69) is 6.92 Å². The van der Waals surface area contributed by atoms with E-state index in [-0.39, 0.29) is 11.6 Å². The van der Waals surface area contributed by atoms with Gasteiger partial charge in [0.1, 0.15) is 0 Å². The molecule has 2 heterocycles. The van der Waals surface area contributed by atoms with Gasteiger partial charge in [-0.1, -0.05) is 0 Å². The van der Waals surface area contributed by atoms with E-state index in [9.17, 15) is 0 Å². The summed E-state index contributed by atoms with van der Waals surface area (Å²) in [4.78, 5) is 0. The summed E-state index contributed by atoms with van der Waals surface area (Å²) >= 11 is 0. The fourth-order valence-electron chi connectivity index (χ4n) is 2.99. The molecule has 0 aromatic rings. The summed E-state index contributed by atoms with van der Waals surface area (Å²) in [6.07, 6.45) is 9.95. The van der Waals surface area contributed by atoms with Crippen LogP contribution < -0.4 is 5.73 Å². The Morgan fingerprint density at radius 2 is 2.18 bits per heavy atom. The SMILES string of the molecule is CC1(C(N)CCCC2CCCO2)CCCCO1. The first-order chi connectivity index (χ1) is 8.21. The molecule has 0 aliphatic carbocycles. The van der Waals surface area contributed by atoms with Crippen molar-refractivity contribution >= 4 is 0 Å². The molecule has 0 amide bonds. The maximum absolute atomic E-state index is 6.30. The smallest absolute Gasteiger partial charge is 0.0804 e.